The molecule has 0 spiro atoms. The van der Waals surface area contributed by atoms with Gasteiger partial charge in [0.15, 0.2) is 0 Å². The zero-order valence-corrected chi connectivity index (χ0v) is 10.8. The zero-order valence-electron chi connectivity index (χ0n) is 10.0. The molecule has 0 saturated carbocycles. The van der Waals surface area contributed by atoms with Gasteiger partial charge in [0.2, 0.25) is 0 Å². The van der Waals surface area contributed by atoms with E-state index in [1.165, 1.54) is 0 Å². The summed E-state index contributed by atoms with van der Waals surface area (Å²) in [6.07, 6.45) is 0. The van der Waals surface area contributed by atoms with Crippen molar-refractivity contribution in [1.82, 2.24) is 5.32 Å². The molecule has 0 fully saturated rings. The second-order valence-corrected chi connectivity index (χ2v) is 4.97. The molecule has 0 aromatic heterocycles. The molecule has 1 rings (SSSR count). The van der Waals surface area contributed by atoms with Gasteiger partial charge in [-0.25, -0.2) is 0 Å². The summed E-state index contributed by atoms with van der Waals surface area (Å²) in [5.74, 6) is 0.699. The lowest BCUT2D eigenvalue weighted by Crippen LogP contribution is -2.42. The van der Waals surface area contributed by atoms with E-state index >= 15 is 0 Å². The maximum absolute atomic E-state index is 6.02. The maximum Gasteiger partial charge on any atom is 0.137 e. The Morgan fingerprint density at radius 1 is 1.44 bits per heavy atom. The van der Waals surface area contributed by atoms with E-state index in [-0.39, 0.29) is 5.54 Å². The first kappa shape index (κ1) is 13.3. The van der Waals surface area contributed by atoms with E-state index in [0.29, 0.717) is 10.8 Å². The number of methoxy groups -OCH3 is 1. The molecule has 0 heterocycles. The van der Waals surface area contributed by atoms with Crippen molar-refractivity contribution in [2.75, 3.05) is 13.7 Å². The fourth-order valence-electron chi connectivity index (χ4n) is 1.35. The minimum Gasteiger partial charge on any atom is -0.495 e. The van der Waals surface area contributed by atoms with Crippen molar-refractivity contribution in [2.24, 2.45) is 5.73 Å². The fraction of sp³-hybridized carbons (Fsp3) is 0.500. The van der Waals surface area contributed by atoms with Crippen LogP contribution in [0.4, 0.5) is 0 Å². The van der Waals surface area contributed by atoms with Crippen molar-refractivity contribution >= 4 is 11.6 Å². The molecule has 0 bridgehead atoms. The molecule has 3 nitrogen and oxygen atoms in total. The first-order valence-corrected chi connectivity index (χ1v) is 5.62. The van der Waals surface area contributed by atoms with Crippen molar-refractivity contribution in [3.05, 3.63) is 28.8 Å². The third kappa shape index (κ3) is 4.39. The Balaban J connectivity index is 2.52. The van der Waals surface area contributed by atoms with Crippen LogP contribution in [0.1, 0.15) is 19.4 Å². The Bertz CT molecular complexity index is 347. The van der Waals surface area contributed by atoms with Crippen LogP contribution >= 0.6 is 11.6 Å². The van der Waals surface area contributed by atoms with Crippen molar-refractivity contribution in [3.63, 3.8) is 0 Å². The molecule has 90 valence electrons. The minimum atomic E-state index is -0.198. The van der Waals surface area contributed by atoms with E-state index in [9.17, 15) is 0 Å². The molecule has 0 atom stereocenters. The predicted molar refractivity (Wildman–Crippen MR) is 68.0 cm³/mol. The quantitative estimate of drug-likeness (QED) is 0.832. The first-order chi connectivity index (χ1) is 7.42. The van der Waals surface area contributed by atoms with Crippen LogP contribution in [0.15, 0.2) is 18.2 Å². The minimum absolute atomic E-state index is 0.198. The molecule has 0 aliphatic rings. The number of halogens is 1. The zero-order chi connectivity index (χ0) is 12.2. The van der Waals surface area contributed by atoms with Crippen molar-refractivity contribution in [1.29, 1.82) is 0 Å². The van der Waals surface area contributed by atoms with Crippen LogP contribution in [0, 0.1) is 0 Å². The van der Waals surface area contributed by atoms with Crippen LogP contribution in [0.3, 0.4) is 0 Å². The highest BCUT2D eigenvalue weighted by molar-refractivity contribution is 6.32. The molecule has 0 radical (unpaired) electrons. The summed E-state index contributed by atoms with van der Waals surface area (Å²) in [6, 6.07) is 5.76. The average Bonchev–Trinajstić information content (AvgIpc) is 2.16. The van der Waals surface area contributed by atoms with Gasteiger partial charge in [0.25, 0.3) is 0 Å². The lowest BCUT2D eigenvalue weighted by atomic mass is 10.1. The lowest BCUT2D eigenvalue weighted by Gasteiger charge is -2.19. The number of rotatable bonds is 5. The van der Waals surface area contributed by atoms with Gasteiger partial charge < -0.3 is 15.8 Å². The normalized spacial score (nSPS) is 11.6. The van der Waals surface area contributed by atoms with Crippen LogP contribution in [0.25, 0.3) is 0 Å². The fourth-order valence-corrected chi connectivity index (χ4v) is 1.63. The smallest absolute Gasteiger partial charge is 0.137 e. The van der Waals surface area contributed by atoms with Gasteiger partial charge in [0, 0.05) is 18.6 Å². The predicted octanol–water partition coefficient (Wildman–Crippen LogP) is 2.18. The average molecular weight is 243 g/mol. The van der Waals surface area contributed by atoms with Gasteiger partial charge >= 0.3 is 0 Å². The van der Waals surface area contributed by atoms with E-state index < -0.39 is 0 Å². The summed E-state index contributed by atoms with van der Waals surface area (Å²) in [5.41, 5.74) is 6.79. The summed E-state index contributed by atoms with van der Waals surface area (Å²) in [6.45, 7) is 5.49. The molecule has 0 amide bonds. The monoisotopic (exact) mass is 242 g/mol. The van der Waals surface area contributed by atoms with E-state index in [1.54, 1.807) is 7.11 Å². The van der Waals surface area contributed by atoms with Gasteiger partial charge in [-0.1, -0.05) is 17.7 Å². The standard InChI is InChI=1S/C12H19ClN2O/c1-12(2,14)8-15-7-9-4-5-11(16-3)10(13)6-9/h4-6,15H,7-8,14H2,1-3H3. The van der Waals surface area contributed by atoms with Gasteiger partial charge in [0.1, 0.15) is 5.75 Å². The summed E-state index contributed by atoms with van der Waals surface area (Å²) >= 11 is 6.02. The SMILES string of the molecule is COc1ccc(CNCC(C)(C)N)cc1Cl. The molecular weight excluding hydrogens is 224 g/mol. The summed E-state index contributed by atoms with van der Waals surface area (Å²) in [4.78, 5) is 0. The van der Waals surface area contributed by atoms with Gasteiger partial charge in [-0.15, -0.1) is 0 Å². The van der Waals surface area contributed by atoms with Gasteiger partial charge in [-0.2, -0.15) is 0 Å². The highest BCUT2D eigenvalue weighted by Gasteiger charge is 2.09. The van der Waals surface area contributed by atoms with Crippen molar-refractivity contribution < 1.29 is 4.74 Å². The molecule has 0 aliphatic heterocycles. The van der Waals surface area contributed by atoms with Gasteiger partial charge in [-0.05, 0) is 31.5 Å². The summed E-state index contributed by atoms with van der Waals surface area (Å²) in [7, 11) is 1.61. The molecule has 16 heavy (non-hydrogen) atoms. The van der Waals surface area contributed by atoms with Gasteiger partial charge in [-0.3, -0.25) is 0 Å². The van der Waals surface area contributed by atoms with Crippen molar-refractivity contribution in [2.45, 2.75) is 25.9 Å². The number of nitrogens with one attached hydrogen (secondary N) is 1. The third-order valence-corrected chi connectivity index (χ3v) is 2.42. The number of ether oxygens (including phenoxy) is 1. The maximum atomic E-state index is 6.02. The Morgan fingerprint density at radius 2 is 2.12 bits per heavy atom. The molecule has 3 N–H and O–H groups in total. The molecular formula is C12H19ClN2O. The highest BCUT2D eigenvalue weighted by Crippen LogP contribution is 2.24. The number of benzene rings is 1. The Morgan fingerprint density at radius 3 is 2.62 bits per heavy atom. The van der Waals surface area contributed by atoms with E-state index in [4.69, 9.17) is 22.1 Å². The molecule has 0 aliphatic carbocycles. The van der Waals surface area contributed by atoms with Crippen molar-refractivity contribution in [3.8, 4) is 5.75 Å². The van der Waals surface area contributed by atoms with E-state index in [0.717, 1.165) is 18.7 Å². The molecule has 0 saturated heterocycles. The molecule has 0 unspecified atom stereocenters. The Kier molecular flexibility index (Phi) is 4.59. The van der Waals surface area contributed by atoms with Crippen LogP contribution < -0.4 is 15.8 Å². The first-order valence-electron chi connectivity index (χ1n) is 5.24. The third-order valence-electron chi connectivity index (χ3n) is 2.13. The van der Waals surface area contributed by atoms with Crippen LogP contribution in [0.5, 0.6) is 5.75 Å². The topological polar surface area (TPSA) is 47.3 Å². The van der Waals surface area contributed by atoms with Crippen LogP contribution in [-0.4, -0.2) is 19.2 Å². The van der Waals surface area contributed by atoms with E-state index in [1.807, 2.05) is 32.0 Å². The lowest BCUT2D eigenvalue weighted by molar-refractivity contribution is 0.414. The van der Waals surface area contributed by atoms with E-state index in [2.05, 4.69) is 5.32 Å². The van der Waals surface area contributed by atoms with Crippen LogP contribution in [0.2, 0.25) is 5.02 Å². The molecule has 4 heteroatoms. The highest BCUT2D eigenvalue weighted by atomic mass is 35.5. The molecule has 1 aromatic carbocycles. The second-order valence-electron chi connectivity index (χ2n) is 4.56. The Labute approximate surface area is 102 Å². The summed E-state index contributed by atoms with van der Waals surface area (Å²) < 4.78 is 5.09. The number of hydrogen-bond acceptors (Lipinski definition) is 3. The largest absolute Gasteiger partial charge is 0.495 e. The second kappa shape index (κ2) is 5.53. The molecule has 1 aromatic rings. The number of nitrogens with two attached hydrogens (primary N) is 1. The van der Waals surface area contributed by atoms with Crippen LogP contribution in [-0.2, 0) is 6.54 Å². The number of hydrogen-bond donors (Lipinski definition) is 2. The summed E-state index contributed by atoms with van der Waals surface area (Å²) in [5, 5.41) is 3.92. The Hall–Kier alpha value is -0.770. The van der Waals surface area contributed by atoms with Gasteiger partial charge in [0.05, 0.1) is 12.1 Å².